The number of carbonyl (C=O) groups excluding carboxylic acids is 1. The molecule has 4 rings (SSSR count). The van der Waals surface area contributed by atoms with E-state index < -0.39 is 17.8 Å². The number of aromatic nitrogens is 5. The molecule has 0 aliphatic carbocycles. The van der Waals surface area contributed by atoms with Crippen LogP contribution in [0.15, 0.2) is 73.3 Å². The molecule has 1 N–H and O–H groups in total. The van der Waals surface area contributed by atoms with E-state index in [1.54, 1.807) is 42.5 Å². The lowest BCUT2D eigenvalue weighted by Gasteiger charge is -2.10. The summed E-state index contributed by atoms with van der Waals surface area (Å²) in [5, 5.41) is 6.54. The molecular formula is C20H13F3N6O. The number of pyridine rings is 1. The van der Waals surface area contributed by atoms with E-state index in [0.717, 1.165) is 18.5 Å². The van der Waals surface area contributed by atoms with Crippen LogP contribution in [-0.4, -0.2) is 30.6 Å². The number of hydrogen-bond acceptors (Lipinski definition) is 5. The van der Waals surface area contributed by atoms with E-state index >= 15 is 0 Å². The molecule has 3 heterocycles. The zero-order valence-electron chi connectivity index (χ0n) is 15.2. The Bertz CT molecular complexity index is 1160. The standard InChI is InChI=1S/C20H13F3N6O/c21-20(22,23)17-9-16(14-7-4-8-24-10-14)28-29(17)15-11-25-19(26-12-15)27-18(30)13-5-2-1-3-6-13/h1-12H,(H,25,26,27,30). The summed E-state index contributed by atoms with van der Waals surface area (Å²) in [6.45, 7) is 0. The molecule has 0 atom stereocenters. The van der Waals surface area contributed by atoms with Crippen LogP contribution in [0.25, 0.3) is 16.9 Å². The highest BCUT2D eigenvalue weighted by molar-refractivity contribution is 6.03. The Morgan fingerprint density at radius 2 is 1.70 bits per heavy atom. The lowest BCUT2D eigenvalue weighted by Crippen LogP contribution is -2.16. The molecule has 1 aromatic carbocycles. The molecule has 0 aliphatic heterocycles. The minimum absolute atomic E-state index is 0.00447. The fraction of sp³-hybridized carbons (Fsp3) is 0.0500. The Labute approximate surface area is 168 Å². The zero-order chi connectivity index (χ0) is 21.1. The van der Waals surface area contributed by atoms with Crippen molar-refractivity contribution in [3.05, 3.63) is 84.6 Å². The summed E-state index contributed by atoms with van der Waals surface area (Å²) < 4.78 is 41.3. The normalized spacial score (nSPS) is 11.3. The predicted molar refractivity (Wildman–Crippen MR) is 102 cm³/mol. The molecule has 0 fully saturated rings. The van der Waals surface area contributed by atoms with Crippen molar-refractivity contribution in [3.8, 4) is 16.9 Å². The highest BCUT2D eigenvalue weighted by atomic mass is 19.4. The highest BCUT2D eigenvalue weighted by Gasteiger charge is 2.36. The lowest BCUT2D eigenvalue weighted by molar-refractivity contribution is -0.142. The first-order valence-electron chi connectivity index (χ1n) is 8.68. The number of anilines is 1. The van der Waals surface area contributed by atoms with Crippen molar-refractivity contribution in [3.63, 3.8) is 0 Å². The van der Waals surface area contributed by atoms with Crippen molar-refractivity contribution in [1.82, 2.24) is 24.7 Å². The van der Waals surface area contributed by atoms with Crippen molar-refractivity contribution < 1.29 is 18.0 Å². The van der Waals surface area contributed by atoms with Gasteiger partial charge < -0.3 is 0 Å². The summed E-state index contributed by atoms with van der Waals surface area (Å²) in [6, 6.07) is 12.6. The number of nitrogens with one attached hydrogen (secondary N) is 1. The molecule has 1 amide bonds. The van der Waals surface area contributed by atoms with E-state index in [4.69, 9.17) is 0 Å². The largest absolute Gasteiger partial charge is 0.433 e. The second kappa shape index (κ2) is 7.74. The first-order chi connectivity index (χ1) is 14.4. The third-order valence-corrected chi connectivity index (χ3v) is 4.10. The van der Waals surface area contributed by atoms with E-state index in [9.17, 15) is 18.0 Å². The molecule has 0 radical (unpaired) electrons. The van der Waals surface area contributed by atoms with Crippen LogP contribution in [0.5, 0.6) is 0 Å². The molecule has 10 heteroatoms. The van der Waals surface area contributed by atoms with Gasteiger partial charge >= 0.3 is 6.18 Å². The van der Waals surface area contributed by atoms with Gasteiger partial charge in [-0.15, -0.1) is 0 Å². The van der Waals surface area contributed by atoms with E-state index in [-0.39, 0.29) is 17.3 Å². The molecule has 0 saturated carbocycles. The second-order valence-corrected chi connectivity index (χ2v) is 6.15. The smallest absolute Gasteiger partial charge is 0.290 e. The molecule has 0 saturated heterocycles. The topological polar surface area (TPSA) is 85.6 Å². The van der Waals surface area contributed by atoms with Crippen molar-refractivity contribution in [2.75, 3.05) is 5.32 Å². The molecule has 150 valence electrons. The van der Waals surface area contributed by atoms with Gasteiger partial charge in [-0.25, -0.2) is 14.6 Å². The SMILES string of the molecule is O=C(Nc1ncc(-n2nc(-c3cccnc3)cc2C(F)(F)F)cn1)c1ccccc1. The maximum atomic E-state index is 13.5. The van der Waals surface area contributed by atoms with Gasteiger partial charge in [0.15, 0.2) is 0 Å². The Balaban J connectivity index is 1.64. The van der Waals surface area contributed by atoms with Crippen molar-refractivity contribution >= 4 is 11.9 Å². The summed E-state index contributed by atoms with van der Waals surface area (Å²) in [5.74, 6) is -0.474. The number of halogens is 3. The van der Waals surface area contributed by atoms with Crippen LogP contribution in [0.2, 0.25) is 0 Å². The van der Waals surface area contributed by atoms with Gasteiger partial charge in [0.2, 0.25) is 5.95 Å². The van der Waals surface area contributed by atoms with Crippen LogP contribution in [0, 0.1) is 0 Å². The molecule has 0 bridgehead atoms. The van der Waals surface area contributed by atoms with Crippen LogP contribution in [0.4, 0.5) is 19.1 Å². The molecule has 7 nitrogen and oxygen atoms in total. The van der Waals surface area contributed by atoms with Crippen LogP contribution in [0.3, 0.4) is 0 Å². The maximum Gasteiger partial charge on any atom is 0.433 e. The lowest BCUT2D eigenvalue weighted by atomic mass is 10.2. The van der Waals surface area contributed by atoms with Gasteiger partial charge in [0.05, 0.1) is 18.1 Å². The number of amides is 1. The van der Waals surface area contributed by atoms with E-state index in [1.807, 2.05) is 0 Å². The summed E-state index contributed by atoms with van der Waals surface area (Å²) in [6.07, 6.45) is 0.604. The average molecular weight is 410 g/mol. The number of nitrogens with zero attached hydrogens (tertiary/aromatic N) is 5. The Morgan fingerprint density at radius 3 is 2.33 bits per heavy atom. The van der Waals surface area contributed by atoms with Gasteiger partial charge in [0.1, 0.15) is 11.4 Å². The molecular weight excluding hydrogens is 397 g/mol. The Hall–Kier alpha value is -4.08. The number of rotatable bonds is 4. The van der Waals surface area contributed by atoms with Gasteiger partial charge in [-0.05, 0) is 30.3 Å². The quantitative estimate of drug-likeness (QED) is 0.550. The van der Waals surface area contributed by atoms with Crippen LogP contribution in [-0.2, 0) is 6.18 Å². The number of hydrogen-bond donors (Lipinski definition) is 1. The van der Waals surface area contributed by atoms with E-state index in [2.05, 4.69) is 25.4 Å². The summed E-state index contributed by atoms with van der Waals surface area (Å²) in [5.41, 5.74) is -0.0368. The fourth-order valence-electron chi connectivity index (χ4n) is 2.69. The Morgan fingerprint density at radius 1 is 0.967 bits per heavy atom. The molecule has 30 heavy (non-hydrogen) atoms. The van der Waals surface area contributed by atoms with Gasteiger partial charge in [0.25, 0.3) is 5.91 Å². The van der Waals surface area contributed by atoms with Crippen LogP contribution in [0.1, 0.15) is 16.1 Å². The van der Waals surface area contributed by atoms with Crippen LogP contribution < -0.4 is 5.32 Å². The highest BCUT2D eigenvalue weighted by Crippen LogP contribution is 2.33. The van der Waals surface area contributed by atoms with Crippen molar-refractivity contribution in [2.24, 2.45) is 0 Å². The molecule has 4 aromatic rings. The summed E-state index contributed by atoms with van der Waals surface area (Å²) >= 11 is 0. The van der Waals surface area contributed by atoms with E-state index in [0.29, 0.717) is 15.8 Å². The molecule has 0 aliphatic rings. The van der Waals surface area contributed by atoms with Crippen molar-refractivity contribution in [1.29, 1.82) is 0 Å². The summed E-state index contributed by atoms with van der Waals surface area (Å²) in [7, 11) is 0. The first-order valence-corrected chi connectivity index (χ1v) is 8.68. The number of benzene rings is 1. The average Bonchev–Trinajstić information content (AvgIpc) is 3.22. The monoisotopic (exact) mass is 410 g/mol. The van der Waals surface area contributed by atoms with Crippen LogP contribution >= 0.6 is 0 Å². The Kier molecular flexibility index (Phi) is 4.97. The van der Waals surface area contributed by atoms with Crippen molar-refractivity contribution in [2.45, 2.75) is 6.18 Å². The maximum absolute atomic E-state index is 13.5. The number of alkyl halides is 3. The minimum atomic E-state index is -4.65. The molecule has 0 spiro atoms. The third-order valence-electron chi connectivity index (χ3n) is 4.10. The first kappa shape index (κ1) is 19.2. The minimum Gasteiger partial charge on any atom is -0.290 e. The fourth-order valence-corrected chi connectivity index (χ4v) is 2.69. The number of carbonyl (C=O) groups is 1. The molecule has 0 unspecified atom stereocenters. The molecule has 3 aromatic heterocycles. The predicted octanol–water partition coefficient (Wildman–Crippen LogP) is 4.00. The summed E-state index contributed by atoms with van der Waals surface area (Å²) in [4.78, 5) is 23.9. The van der Waals surface area contributed by atoms with Gasteiger partial charge in [-0.2, -0.15) is 18.3 Å². The zero-order valence-corrected chi connectivity index (χ0v) is 15.2. The van der Waals surface area contributed by atoms with Gasteiger partial charge in [-0.3, -0.25) is 15.1 Å². The van der Waals surface area contributed by atoms with Gasteiger partial charge in [-0.1, -0.05) is 18.2 Å². The van der Waals surface area contributed by atoms with Gasteiger partial charge in [0, 0.05) is 23.5 Å². The third kappa shape index (κ3) is 4.02. The second-order valence-electron chi connectivity index (χ2n) is 6.15. The van der Waals surface area contributed by atoms with E-state index in [1.165, 1.54) is 12.4 Å².